The molecule has 1 saturated heterocycles. The van der Waals surface area contributed by atoms with Crippen LogP contribution in [-0.2, 0) is 25.3 Å². The molecule has 1 aliphatic rings. The number of carbonyl (C=O) groups excluding carboxylic acids is 3. The van der Waals surface area contributed by atoms with Gasteiger partial charge in [0.1, 0.15) is 17.7 Å². The van der Waals surface area contributed by atoms with Gasteiger partial charge in [-0.05, 0) is 68.4 Å². The average Bonchev–Trinajstić information content (AvgIpc) is 3.25. The van der Waals surface area contributed by atoms with Gasteiger partial charge < -0.3 is 29.8 Å². The maximum absolute atomic E-state index is 14.1. The highest BCUT2D eigenvalue weighted by Gasteiger charge is 2.46. The van der Waals surface area contributed by atoms with Gasteiger partial charge in [0.05, 0.1) is 6.10 Å². The van der Waals surface area contributed by atoms with Crippen LogP contribution < -0.4 is 10.6 Å². The van der Waals surface area contributed by atoms with Gasteiger partial charge in [-0.1, -0.05) is 52.7 Å². The predicted molar refractivity (Wildman–Crippen MR) is 167 cm³/mol. The number of terminal acetylenes is 1. The summed E-state index contributed by atoms with van der Waals surface area (Å²) in [4.78, 5) is 41.7. The molecule has 0 spiro atoms. The van der Waals surface area contributed by atoms with Crippen LogP contribution in [0.4, 0.5) is 4.79 Å². The summed E-state index contributed by atoms with van der Waals surface area (Å²) in [5.41, 5.74) is 0.0643. The maximum atomic E-state index is 14.1. The molecule has 10 heteroatoms. The molecule has 1 aliphatic heterocycles. The van der Waals surface area contributed by atoms with E-state index >= 15 is 0 Å². The van der Waals surface area contributed by atoms with E-state index in [0.29, 0.717) is 13.0 Å². The molecular weight excluding hydrogens is 550 g/mol. The van der Waals surface area contributed by atoms with Crippen LogP contribution in [0.1, 0.15) is 79.4 Å². The van der Waals surface area contributed by atoms with E-state index in [1.54, 1.807) is 32.9 Å². The summed E-state index contributed by atoms with van der Waals surface area (Å²) < 4.78 is 11.9. The number of rotatable bonds is 10. The first-order chi connectivity index (χ1) is 19.2. The lowest BCUT2D eigenvalue weighted by Gasteiger charge is -2.40. The fraction of sp³-hybridized carbons (Fsp3) is 0.656. The van der Waals surface area contributed by atoms with E-state index in [0.717, 1.165) is 11.1 Å². The highest BCUT2D eigenvalue weighted by molar-refractivity contribution is 6.74. The largest absolute Gasteiger partial charge is 0.444 e. The summed E-state index contributed by atoms with van der Waals surface area (Å²) in [5.74, 6) is 1.73. The van der Waals surface area contributed by atoms with Crippen molar-refractivity contribution in [3.05, 3.63) is 35.4 Å². The van der Waals surface area contributed by atoms with Gasteiger partial charge in [0.15, 0.2) is 8.32 Å². The molecule has 1 fully saturated rings. The summed E-state index contributed by atoms with van der Waals surface area (Å²) in [6, 6.07) is 5.33. The normalized spacial score (nSPS) is 18.7. The number of alkyl carbamates (subject to hydrolysis) is 1. The molecule has 3 atom stereocenters. The lowest BCUT2D eigenvalue weighted by Crippen LogP contribution is -2.59. The first-order valence-electron chi connectivity index (χ1n) is 14.6. The molecule has 2 rings (SSSR count). The summed E-state index contributed by atoms with van der Waals surface area (Å²) in [7, 11) is -2.04. The molecule has 1 heterocycles. The van der Waals surface area contributed by atoms with Crippen LogP contribution in [0.25, 0.3) is 0 Å². The van der Waals surface area contributed by atoms with Crippen LogP contribution in [0, 0.1) is 17.8 Å². The second-order valence-electron chi connectivity index (χ2n) is 14.4. The number of aliphatic hydroxyl groups excluding tert-OH is 1. The lowest BCUT2D eigenvalue weighted by molar-refractivity contribution is -0.142. The summed E-state index contributed by atoms with van der Waals surface area (Å²) in [6.45, 7) is 20.5. The molecule has 0 bridgehead atoms. The number of nitrogens with one attached hydrogen (secondary N) is 2. The number of aliphatic hydroxyl groups is 1. The molecule has 0 saturated carbocycles. The van der Waals surface area contributed by atoms with Crippen molar-refractivity contribution >= 4 is 26.2 Å². The molecule has 0 radical (unpaired) electrons. The SMILES string of the molecule is C#Cc1ccc(CNC(=O)[C@@H]2C[C@@H](O)CN2C(=O)C(NC(=O)OC(C)(C)C)C(C)(C)CCO[Si](C)(C)C(C)(C)C)cc1. The topological polar surface area (TPSA) is 117 Å². The van der Waals surface area contributed by atoms with E-state index in [2.05, 4.69) is 50.4 Å². The van der Waals surface area contributed by atoms with E-state index in [9.17, 15) is 19.5 Å². The van der Waals surface area contributed by atoms with Crippen molar-refractivity contribution in [3.63, 3.8) is 0 Å². The van der Waals surface area contributed by atoms with Crippen LogP contribution in [0.2, 0.25) is 18.1 Å². The summed E-state index contributed by atoms with van der Waals surface area (Å²) >= 11 is 0. The molecule has 3 N–H and O–H groups in total. The Kier molecular flexibility index (Phi) is 11.5. The van der Waals surface area contributed by atoms with Gasteiger partial charge in [0.2, 0.25) is 11.8 Å². The highest BCUT2D eigenvalue weighted by Crippen LogP contribution is 2.38. The third-order valence-corrected chi connectivity index (χ3v) is 12.7. The lowest BCUT2D eigenvalue weighted by atomic mass is 9.80. The number of benzene rings is 1. The Hall–Kier alpha value is -2.87. The maximum Gasteiger partial charge on any atom is 0.408 e. The Balaban J connectivity index is 2.26. The van der Waals surface area contributed by atoms with Crippen molar-refractivity contribution in [2.45, 2.75) is 117 Å². The molecular formula is C32H51N3O6Si. The minimum Gasteiger partial charge on any atom is -0.444 e. The Morgan fingerprint density at radius 1 is 1.10 bits per heavy atom. The molecule has 0 aliphatic carbocycles. The third-order valence-electron chi connectivity index (χ3n) is 8.16. The Morgan fingerprint density at radius 2 is 1.69 bits per heavy atom. The number of carbonyl (C=O) groups is 3. The van der Waals surface area contributed by atoms with E-state index in [1.807, 2.05) is 26.0 Å². The zero-order valence-electron chi connectivity index (χ0n) is 27.1. The van der Waals surface area contributed by atoms with Gasteiger partial charge in [-0.25, -0.2) is 4.79 Å². The number of amides is 3. The first-order valence-corrected chi connectivity index (χ1v) is 17.5. The van der Waals surface area contributed by atoms with E-state index in [1.165, 1.54) is 4.90 Å². The molecule has 1 unspecified atom stereocenters. The molecule has 3 amide bonds. The Labute approximate surface area is 253 Å². The van der Waals surface area contributed by atoms with Crippen molar-refractivity contribution in [1.82, 2.24) is 15.5 Å². The van der Waals surface area contributed by atoms with Crippen molar-refractivity contribution in [2.24, 2.45) is 5.41 Å². The minimum atomic E-state index is -2.04. The van der Waals surface area contributed by atoms with Crippen LogP contribution in [0.5, 0.6) is 0 Å². The number of nitrogens with zero attached hydrogens (tertiary/aromatic N) is 1. The fourth-order valence-electron chi connectivity index (χ4n) is 4.44. The van der Waals surface area contributed by atoms with Crippen molar-refractivity contribution in [3.8, 4) is 12.3 Å². The molecule has 42 heavy (non-hydrogen) atoms. The molecule has 1 aromatic carbocycles. The molecule has 1 aromatic rings. The van der Waals surface area contributed by atoms with Gasteiger partial charge in [0, 0.05) is 31.7 Å². The number of β-amino-alcohol motifs (C(OH)–C–C–N with tert-alkyl or cyclic N) is 1. The molecule has 9 nitrogen and oxygen atoms in total. The molecule has 0 aromatic heterocycles. The van der Waals surface area contributed by atoms with Gasteiger partial charge in [-0.15, -0.1) is 6.42 Å². The van der Waals surface area contributed by atoms with Crippen molar-refractivity contribution in [1.29, 1.82) is 0 Å². The monoisotopic (exact) mass is 601 g/mol. The fourth-order valence-corrected chi connectivity index (χ4v) is 5.49. The summed E-state index contributed by atoms with van der Waals surface area (Å²) in [6.07, 6.45) is 4.40. The number of hydrogen-bond acceptors (Lipinski definition) is 6. The van der Waals surface area contributed by atoms with Crippen LogP contribution in [-0.4, -0.2) is 73.2 Å². The number of hydrogen-bond donors (Lipinski definition) is 3. The number of likely N-dealkylation sites (tertiary alicyclic amines) is 1. The highest BCUT2D eigenvalue weighted by atomic mass is 28.4. The van der Waals surface area contributed by atoms with Gasteiger partial charge in [-0.2, -0.15) is 0 Å². The summed E-state index contributed by atoms with van der Waals surface area (Å²) in [5, 5.41) is 16.2. The van der Waals surface area contributed by atoms with Gasteiger partial charge in [-0.3, -0.25) is 9.59 Å². The standard InChI is InChI=1S/C32H51N3O6Si/c1-12-22-13-15-23(16-14-22)20-33-27(37)25-19-24(36)21-35(25)28(38)26(34-29(39)41-30(2,3)4)32(8,9)17-18-40-42(10,11)31(5,6)7/h1,13-16,24-26,36H,17-21H2,2-11H3,(H,33,37)(H,34,39)/t24-,25+,26?/m1/s1. The van der Waals surface area contributed by atoms with Crippen LogP contribution in [0.3, 0.4) is 0 Å². The van der Waals surface area contributed by atoms with E-state index in [4.69, 9.17) is 15.6 Å². The minimum absolute atomic E-state index is 0.0170. The van der Waals surface area contributed by atoms with Crippen molar-refractivity contribution in [2.75, 3.05) is 13.2 Å². The van der Waals surface area contributed by atoms with E-state index < -0.39 is 49.5 Å². The van der Waals surface area contributed by atoms with Gasteiger partial charge in [0.25, 0.3) is 0 Å². The third kappa shape index (κ3) is 9.85. The van der Waals surface area contributed by atoms with Crippen molar-refractivity contribution < 1.29 is 28.7 Å². The second-order valence-corrected chi connectivity index (χ2v) is 19.2. The van der Waals surface area contributed by atoms with Crippen LogP contribution >= 0.6 is 0 Å². The van der Waals surface area contributed by atoms with Gasteiger partial charge >= 0.3 is 6.09 Å². The quantitative estimate of drug-likeness (QED) is 0.267. The smallest absolute Gasteiger partial charge is 0.408 e. The Bertz CT molecular complexity index is 1140. The zero-order chi connectivity index (χ0) is 32.1. The second kappa shape index (κ2) is 13.6. The molecule has 234 valence electrons. The van der Waals surface area contributed by atoms with E-state index in [-0.39, 0.29) is 30.5 Å². The average molecular weight is 602 g/mol. The predicted octanol–water partition coefficient (Wildman–Crippen LogP) is 4.58. The number of ether oxygens (including phenoxy) is 1. The Morgan fingerprint density at radius 3 is 2.21 bits per heavy atom. The first kappa shape index (κ1) is 35.3. The van der Waals surface area contributed by atoms with Crippen LogP contribution in [0.15, 0.2) is 24.3 Å². The zero-order valence-corrected chi connectivity index (χ0v) is 28.1.